The standard InChI is InChI=1S/C20H21F2NO2/c1-12(10-19(24)14-4-8-16(22)9-5-14)23-20(25)18-11-17(18)13-2-6-15(21)7-3-13/h2-9,12,17-19,24H,10-11H2,1H3,(H,23,25). The molecular formula is C20H21F2NO2. The first-order valence-electron chi connectivity index (χ1n) is 8.43. The quantitative estimate of drug-likeness (QED) is 0.839. The van der Waals surface area contributed by atoms with E-state index in [2.05, 4.69) is 5.32 Å². The Bertz CT molecular complexity index is 730. The number of hydrogen-bond donors (Lipinski definition) is 2. The van der Waals surface area contributed by atoms with Gasteiger partial charge in [0.25, 0.3) is 0 Å². The number of aliphatic hydroxyl groups excluding tert-OH is 1. The van der Waals surface area contributed by atoms with Gasteiger partial charge in [0.2, 0.25) is 5.91 Å². The van der Waals surface area contributed by atoms with Crippen LogP contribution in [0.2, 0.25) is 0 Å². The predicted octanol–water partition coefficient (Wildman–Crippen LogP) is 3.70. The molecular weight excluding hydrogens is 324 g/mol. The fourth-order valence-corrected chi connectivity index (χ4v) is 3.13. The third-order valence-electron chi connectivity index (χ3n) is 4.65. The van der Waals surface area contributed by atoms with E-state index in [1.807, 2.05) is 6.92 Å². The molecule has 0 heterocycles. The lowest BCUT2D eigenvalue weighted by molar-refractivity contribution is -0.123. The summed E-state index contributed by atoms with van der Waals surface area (Å²) in [5.74, 6) is -0.648. The number of amides is 1. The normalized spacial score (nSPS) is 21.4. The molecule has 2 aromatic carbocycles. The van der Waals surface area contributed by atoms with Crippen LogP contribution < -0.4 is 5.32 Å². The second kappa shape index (κ2) is 7.31. The maximum atomic E-state index is 13.0. The molecule has 3 nitrogen and oxygen atoms in total. The second-order valence-corrected chi connectivity index (χ2v) is 6.71. The monoisotopic (exact) mass is 345 g/mol. The molecule has 25 heavy (non-hydrogen) atoms. The molecule has 2 aromatic rings. The SMILES string of the molecule is CC(CC(O)c1ccc(F)cc1)NC(=O)C1CC1c1ccc(F)cc1. The molecule has 1 aliphatic rings. The van der Waals surface area contributed by atoms with Crippen LogP contribution in [0.5, 0.6) is 0 Å². The van der Waals surface area contributed by atoms with Crippen molar-refractivity contribution in [2.24, 2.45) is 5.92 Å². The van der Waals surface area contributed by atoms with E-state index in [9.17, 15) is 18.7 Å². The van der Waals surface area contributed by atoms with Crippen LogP contribution in [0.1, 0.15) is 42.9 Å². The Kier molecular flexibility index (Phi) is 5.13. The summed E-state index contributed by atoms with van der Waals surface area (Å²) in [6, 6.07) is 11.7. The van der Waals surface area contributed by atoms with Gasteiger partial charge in [-0.2, -0.15) is 0 Å². The largest absolute Gasteiger partial charge is 0.388 e. The number of hydrogen-bond acceptors (Lipinski definition) is 2. The number of carbonyl (C=O) groups is 1. The first kappa shape index (κ1) is 17.5. The van der Waals surface area contributed by atoms with Crippen LogP contribution in [0, 0.1) is 17.6 Å². The van der Waals surface area contributed by atoms with Crippen molar-refractivity contribution in [2.75, 3.05) is 0 Å². The number of rotatable bonds is 6. The summed E-state index contributed by atoms with van der Waals surface area (Å²) in [4.78, 5) is 12.3. The van der Waals surface area contributed by atoms with E-state index in [1.54, 1.807) is 24.3 Å². The summed E-state index contributed by atoms with van der Waals surface area (Å²) in [7, 11) is 0. The maximum absolute atomic E-state index is 13.0. The topological polar surface area (TPSA) is 49.3 Å². The first-order chi connectivity index (χ1) is 11.9. The Morgan fingerprint density at radius 1 is 1.12 bits per heavy atom. The van der Waals surface area contributed by atoms with Gasteiger partial charge >= 0.3 is 0 Å². The average molecular weight is 345 g/mol. The van der Waals surface area contributed by atoms with Gasteiger partial charge in [-0.05, 0) is 61.1 Å². The molecule has 0 saturated heterocycles. The summed E-state index contributed by atoms with van der Waals surface area (Å²) in [6.45, 7) is 1.83. The lowest BCUT2D eigenvalue weighted by Gasteiger charge is -2.18. The molecule has 4 unspecified atom stereocenters. The molecule has 1 aliphatic carbocycles. The lowest BCUT2D eigenvalue weighted by Crippen LogP contribution is -2.35. The second-order valence-electron chi connectivity index (χ2n) is 6.71. The highest BCUT2D eigenvalue weighted by atomic mass is 19.1. The van der Waals surface area contributed by atoms with Crippen molar-refractivity contribution in [1.29, 1.82) is 0 Å². The number of nitrogens with one attached hydrogen (secondary N) is 1. The Labute approximate surface area is 145 Å². The highest BCUT2D eigenvalue weighted by Gasteiger charge is 2.44. The van der Waals surface area contributed by atoms with Crippen molar-refractivity contribution >= 4 is 5.91 Å². The minimum atomic E-state index is -0.761. The van der Waals surface area contributed by atoms with Gasteiger partial charge in [0.1, 0.15) is 11.6 Å². The van der Waals surface area contributed by atoms with Crippen molar-refractivity contribution < 1.29 is 18.7 Å². The van der Waals surface area contributed by atoms with Crippen LogP contribution in [0.25, 0.3) is 0 Å². The fraction of sp³-hybridized carbons (Fsp3) is 0.350. The fourth-order valence-electron chi connectivity index (χ4n) is 3.13. The minimum Gasteiger partial charge on any atom is -0.388 e. The Morgan fingerprint density at radius 2 is 1.68 bits per heavy atom. The van der Waals surface area contributed by atoms with Gasteiger partial charge in [0.05, 0.1) is 6.10 Å². The van der Waals surface area contributed by atoms with Gasteiger partial charge in [0.15, 0.2) is 0 Å². The van der Waals surface area contributed by atoms with Crippen molar-refractivity contribution in [3.8, 4) is 0 Å². The minimum absolute atomic E-state index is 0.0480. The van der Waals surface area contributed by atoms with Gasteiger partial charge in [-0.15, -0.1) is 0 Å². The molecule has 132 valence electrons. The molecule has 0 radical (unpaired) electrons. The Balaban J connectivity index is 1.49. The third kappa shape index (κ3) is 4.42. The Morgan fingerprint density at radius 3 is 2.28 bits per heavy atom. The van der Waals surface area contributed by atoms with E-state index in [-0.39, 0.29) is 35.4 Å². The summed E-state index contributed by atoms with van der Waals surface area (Å²) in [5, 5.41) is 13.1. The van der Waals surface area contributed by atoms with E-state index >= 15 is 0 Å². The van der Waals surface area contributed by atoms with E-state index < -0.39 is 6.10 Å². The van der Waals surface area contributed by atoms with Crippen LogP contribution >= 0.6 is 0 Å². The molecule has 0 aliphatic heterocycles. The summed E-state index contributed by atoms with van der Waals surface area (Å²) >= 11 is 0. The van der Waals surface area contributed by atoms with Crippen LogP contribution in [-0.4, -0.2) is 17.1 Å². The lowest BCUT2D eigenvalue weighted by atomic mass is 10.0. The highest BCUT2D eigenvalue weighted by Crippen LogP contribution is 2.47. The first-order valence-corrected chi connectivity index (χ1v) is 8.43. The maximum Gasteiger partial charge on any atom is 0.223 e. The van der Waals surface area contributed by atoms with Crippen LogP contribution in [0.3, 0.4) is 0 Å². The highest BCUT2D eigenvalue weighted by molar-refractivity contribution is 5.83. The van der Waals surface area contributed by atoms with Crippen LogP contribution in [-0.2, 0) is 4.79 Å². The van der Waals surface area contributed by atoms with Gasteiger partial charge in [0, 0.05) is 12.0 Å². The van der Waals surface area contributed by atoms with Crippen LogP contribution in [0.4, 0.5) is 8.78 Å². The molecule has 1 fully saturated rings. The number of aliphatic hydroxyl groups is 1. The molecule has 0 spiro atoms. The predicted molar refractivity (Wildman–Crippen MR) is 90.8 cm³/mol. The molecule has 3 rings (SSSR count). The van der Waals surface area contributed by atoms with Gasteiger partial charge in [-0.25, -0.2) is 8.78 Å². The molecule has 1 saturated carbocycles. The molecule has 0 aromatic heterocycles. The van der Waals surface area contributed by atoms with Crippen molar-refractivity contribution in [3.05, 3.63) is 71.3 Å². The average Bonchev–Trinajstić information content (AvgIpc) is 3.36. The number of carbonyl (C=O) groups excluding carboxylic acids is 1. The summed E-state index contributed by atoms with van der Waals surface area (Å²) in [6.07, 6.45) is 0.346. The van der Waals surface area contributed by atoms with Gasteiger partial charge < -0.3 is 10.4 Å². The van der Waals surface area contributed by atoms with E-state index in [1.165, 1.54) is 24.3 Å². The zero-order chi connectivity index (χ0) is 18.0. The van der Waals surface area contributed by atoms with Crippen molar-refractivity contribution in [2.45, 2.75) is 37.8 Å². The summed E-state index contributed by atoms with van der Waals surface area (Å²) in [5.41, 5.74) is 1.60. The van der Waals surface area contributed by atoms with Crippen molar-refractivity contribution in [3.63, 3.8) is 0 Å². The molecule has 1 amide bonds. The van der Waals surface area contributed by atoms with E-state index in [4.69, 9.17) is 0 Å². The summed E-state index contributed by atoms with van der Waals surface area (Å²) < 4.78 is 25.9. The van der Waals surface area contributed by atoms with Gasteiger partial charge in [-0.1, -0.05) is 24.3 Å². The molecule has 5 heteroatoms. The third-order valence-corrected chi connectivity index (χ3v) is 4.65. The van der Waals surface area contributed by atoms with Crippen LogP contribution in [0.15, 0.2) is 48.5 Å². The number of benzene rings is 2. The Hall–Kier alpha value is -2.27. The smallest absolute Gasteiger partial charge is 0.223 e. The molecule has 4 atom stereocenters. The zero-order valence-corrected chi connectivity index (χ0v) is 14.0. The van der Waals surface area contributed by atoms with E-state index in [0.717, 1.165) is 12.0 Å². The van der Waals surface area contributed by atoms with Crippen molar-refractivity contribution in [1.82, 2.24) is 5.32 Å². The number of halogens is 2. The molecule has 2 N–H and O–H groups in total. The van der Waals surface area contributed by atoms with Gasteiger partial charge in [-0.3, -0.25) is 4.79 Å². The zero-order valence-electron chi connectivity index (χ0n) is 14.0. The molecule has 0 bridgehead atoms. The van der Waals surface area contributed by atoms with E-state index in [0.29, 0.717) is 12.0 Å².